The Morgan fingerprint density at radius 2 is 1.63 bits per heavy atom. The fourth-order valence-electron chi connectivity index (χ4n) is 2.46. The summed E-state index contributed by atoms with van der Waals surface area (Å²) in [5.74, 6) is 0. The maximum atomic E-state index is 5.72. The molecule has 2 aromatic rings. The Kier molecular flexibility index (Phi) is 4.72. The Labute approximate surface area is 115 Å². The fourth-order valence-corrected chi connectivity index (χ4v) is 2.46. The van der Waals surface area contributed by atoms with Crippen LogP contribution in [0.25, 0.3) is 0 Å². The van der Waals surface area contributed by atoms with Gasteiger partial charge < -0.3 is 10.1 Å². The van der Waals surface area contributed by atoms with E-state index in [9.17, 15) is 0 Å². The minimum atomic E-state index is 0.00741. The molecule has 0 aliphatic heterocycles. The van der Waals surface area contributed by atoms with Crippen LogP contribution in [0.1, 0.15) is 28.8 Å². The van der Waals surface area contributed by atoms with Gasteiger partial charge >= 0.3 is 0 Å². The molecule has 19 heavy (non-hydrogen) atoms. The van der Waals surface area contributed by atoms with Gasteiger partial charge in [-0.1, -0.05) is 60.2 Å². The first-order valence-electron chi connectivity index (χ1n) is 6.58. The van der Waals surface area contributed by atoms with Crippen LogP contribution in [-0.2, 0) is 4.74 Å². The average molecular weight is 255 g/mol. The molecule has 2 aromatic carbocycles. The van der Waals surface area contributed by atoms with Gasteiger partial charge in [0, 0.05) is 7.11 Å². The molecule has 0 spiro atoms. The number of hydrogen-bond donors (Lipinski definition) is 1. The Balaban J connectivity index is 2.34. The van der Waals surface area contributed by atoms with Crippen LogP contribution in [0.2, 0.25) is 0 Å². The van der Waals surface area contributed by atoms with E-state index < -0.39 is 0 Å². The highest BCUT2D eigenvalue weighted by Gasteiger charge is 2.23. The van der Waals surface area contributed by atoms with E-state index in [-0.39, 0.29) is 12.1 Å². The van der Waals surface area contributed by atoms with E-state index in [1.165, 1.54) is 16.7 Å². The highest BCUT2D eigenvalue weighted by atomic mass is 16.5. The zero-order chi connectivity index (χ0) is 13.7. The summed E-state index contributed by atoms with van der Waals surface area (Å²) in [6.45, 7) is 2.11. The van der Waals surface area contributed by atoms with E-state index in [2.05, 4.69) is 48.6 Å². The number of aryl methyl sites for hydroxylation is 1. The first kappa shape index (κ1) is 13.8. The number of rotatable bonds is 5. The SMILES string of the molecule is CNC(c1cccc(C)c1)C(OC)c1ccccc1. The minimum absolute atomic E-state index is 0.00741. The van der Waals surface area contributed by atoms with Gasteiger partial charge in [0.2, 0.25) is 0 Å². The van der Waals surface area contributed by atoms with E-state index in [0.29, 0.717) is 0 Å². The molecular weight excluding hydrogens is 234 g/mol. The number of methoxy groups -OCH3 is 1. The van der Waals surface area contributed by atoms with Gasteiger partial charge in [-0.05, 0) is 25.1 Å². The van der Waals surface area contributed by atoms with Crippen molar-refractivity contribution >= 4 is 0 Å². The molecule has 2 atom stereocenters. The molecule has 0 radical (unpaired) electrons. The molecule has 0 aliphatic carbocycles. The van der Waals surface area contributed by atoms with Gasteiger partial charge in [-0.15, -0.1) is 0 Å². The normalized spacial score (nSPS) is 14.1. The van der Waals surface area contributed by atoms with Crippen LogP contribution in [0.3, 0.4) is 0 Å². The summed E-state index contributed by atoms with van der Waals surface area (Å²) >= 11 is 0. The average Bonchev–Trinajstić information content (AvgIpc) is 2.45. The van der Waals surface area contributed by atoms with E-state index in [1.807, 2.05) is 25.2 Å². The number of nitrogens with one attached hydrogen (secondary N) is 1. The van der Waals surface area contributed by atoms with Crippen molar-refractivity contribution in [2.24, 2.45) is 0 Å². The van der Waals surface area contributed by atoms with Crippen molar-refractivity contribution in [1.82, 2.24) is 5.32 Å². The zero-order valence-corrected chi connectivity index (χ0v) is 11.8. The molecule has 0 saturated heterocycles. The largest absolute Gasteiger partial charge is 0.375 e. The lowest BCUT2D eigenvalue weighted by atomic mass is 9.95. The lowest BCUT2D eigenvalue weighted by Gasteiger charge is -2.26. The summed E-state index contributed by atoms with van der Waals surface area (Å²) < 4.78 is 5.72. The maximum absolute atomic E-state index is 5.72. The third-order valence-corrected chi connectivity index (χ3v) is 3.40. The van der Waals surface area contributed by atoms with E-state index >= 15 is 0 Å². The van der Waals surface area contributed by atoms with Gasteiger partial charge in [-0.2, -0.15) is 0 Å². The standard InChI is InChI=1S/C17H21NO/c1-13-8-7-11-15(12-13)16(18-2)17(19-3)14-9-5-4-6-10-14/h4-12,16-18H,1-3H3. The molecule has 100 valence electrons. The lowest BCUT2D eigenvalue weighted by Crippen LogP contribution is -2.25. The number of ether oxygens (including phenoxy) is 1. The molecule has 2 rings (SSSR count). The van der Waals surface area contributed by atoms with Crippen LogP contribution >= 0.6 is 0 Å². The Morgan fingerprint density at radius 1 is 0.947 bits per heavy atom. The van der Waals surface area contributed by atoms with E-state index in [1.54, 1.807) is 7.11 Å². The van der Waals surface area contributed by atoms with Crippen LogP contribution in [0.4, 0.5) is 0 Å². The van der Waals surface area contributed by atoms with Crippen molar-refractivity contribution in [2.75, 3.05) is 14.2 Å². The maximum Gasteiger partial charge on any atom is 0.102 e. The van der Waals surface area contributed by atoms with Crippen LogP contribution in [0, 0.1) is 6.92 Å². The first-order valence-corrected chi connectivity index (χ1v) is 6.58. The van der Waals surface area contributed by atoms with Crippen molar-refractivity contribution < 1.29 is 4.74 Å². The second kappa shape index (κ2) is 6.50. The van der Waals surface area contributed by atoms with Crippen LogP contribution in [0.15, 0.2) is 54.6 Å². The van der Waals surface area contributed by atoms with Gasteiger partial charge in [0.05, 0.1) is 6.04 Å². The smallest absolute Gasteiger partial charge is 0.102 e. The summed E-state index contributed by atoms with van der Waals surface area (Å²) in [5, 5.41) is 3.37. The van der Waals surface area contributed by atoms with E-state index in [0.717, 1.165) is 0 Å². The van der Waals surface area contributed by atoms with Crippen molar-refractivity contribution in [3.63, 3.8) is 0 Å². The Morgan fingerprint density at radius 3 is 2.21 bits per heavy atom. The van der Waals surface area contributed by atoms with Crippen molar-refractivity contribution in [1.29, 1.82) is 0 Å². The molecule has 1 N–H and O–H groups in total. The molecule has 0 saturated carbocycles. The van der Waals surface area contributed by atoms with Gasteiger partial charge in [-0.25, -0.2) is 0 Å². The van der Waals surface area contributed by atoms with Crippen molar-refractivity contribution in [3.8, 4) is 0 Å². The van der Waals surface area contributed by atoms with Crippen molar-refractivity contribution in [3.05, 3.63) is 71.3 Å². The quantitative estimate of drug-likeness (QED) is 0.880. The summed E-state index contributed by atoms with van der Waals surface area (Å²) in [6, 6.07) is 19.0. The highest BCUT2D eigenvalue weighted by molar-refractivity contribution is 5.29. The number of likely N-dealkylation sites (N-methyl/N-ethyl adjacent to an activating group) is 1. The van der Waals surface area contributed by atoms with E-state index in [4.69, 9.17) is 4.74 Å². The molecule has 2 nitrogen and oxygen atoms in total. The predicted molar refractivity (Wildman–Crippen MR) is 79.2 cm³/mol. The summed E-state index contributed by atoms with van der Waals surface area (Å²) in [4.78, 5) is 0. The number of hydrogen-bond acceptors (Lipinski definition) is 2. The molecule has 0 heterocycles. The van der Waals surface area contributed by atoms with Crippen LogP contribution < -0.4 is 5.32 Å². The Bertz CT molecular complexity index is 510. The topological polar surface area (TPSA) is 21.3 Å². The monoisotopic (exact) mass is 255 g/mol. The molecule has 0 fully saturated rings. The Hall–Kier alpha value is -1.64. The second-order valence-corrected chi connectivity index (χ2v) is 4.75. The summed E-state index contributed by atoms with van der Waals surface area (Å²) in [7, 11) is 3.74. The fraction of sp³-hybridized carbons (Fsp3) is 0.294. The molecule has 2 heteroatoms. The summed E-state index contributed by atoms with van der Waals surface area (Å²) in [6.07, 6.45) is 0.00741. The zero-order valence-electron chi connectivity index (χ0n) is 11.8. The summed E-state index contributed by atoms with van der Waals surface area (Å²) in [5.41, 5.74) is 3.70. The second-order valence-electron chi connectivity index (χ2n) is 4.75. The molecule has 0 aromatic heterocycles. The predicted octanol–water partition coefficient (Wildman–Crippen LogP) is 3.64. The van der Waals surface area contributed by atoms with Gasteiger partial charge in [0.15, 0.2) is 0 Å². The minimum Gasteiger partial charge on any atom is -0.375 e. The van der Waals surface area contributed by atoms with Gasteiger partial charge in [0.25, 0.3) is 0 Å². The first-order chi connectivity index (χ1) is 9.26. The van der Waals surface area contributed by atoms with Crippen LogP contribution in [-0.4, -0.2) is 14.2 Å². The molecule has 0 bridgehead atoms. The third-order valence-electron chi connectivity index (χ3n) is 3.40. The molecule has 0 aliphatic rings. The van der Waals surface area contributed by atoms with Crippen molar-refractivity contribution in [2.45, 2.75) is 19.1 Å². The molecular formula is C17H21NO. The molecule has 0 amide bonds. The van der Waals surface area contributed by atoms with Crippen LogP contribution in [0.5, 0.6) is 0 Å². The lowest BCUT2D eigenvalue weighted by molar-refractivity contribution is 0.0702. The third kappa shape index (κ3) is 3.22. The number of benzene rings is 2. The molecule has 2 unspecified atom stereocenters. The van der Waals surface area contributed by atoms with Gasteiger partial charge in [-0.3, -0.25) is 0 Å². The van der Waals surface area contributed by atoms with Gasteiger partial charge in [0.1, 0.15) is 6.10 Å². The highest BCUT2D eigenvalue weighted by Crippen LogP contribution is 2.31.